The van der Waals surface area contributed by atoms with Crippen molar-refractivity contribution in [2.45, 2.75) is 32.6 Å². The molecule has 1 rings (SSSR count). The van der Waals surface area contributed by atoms with E-state index >= 15 is 0 Å². The molecule has 0 atom stereocenters. The number of hydrogen-bond acceptors (Lipinski definition) is 2. The lowest BCUT2D eigenvalue weighted by Crippen LogP contribution is -2.12. The van der Waals surface area contributed by atoms with Crippen LogP contribution in [0.4, 0.5) is 0 Å². The van der Waals surface area contributed by atoms with Gasteiger partial charge < -0.3 is 10.5 Å². The van der Waals surface area contributed by atoms with Crippen LogP contribution in [0.2, 0.25) is 5.02 Å². The molecular weight excluding hydrogens is 254 g/mol. The van der Waals surface area contributed by atoms with E-state index in [4.69, 9.17) is 34.3 Å². The summed E-state index contributed by atoms with van der Waals surface area (Å²) in [4.78, 5) is 0.277. The minimum atomic E-state index is 0.277. The van der Waals surface area contributed by atoms with Gasteiger partial charge in [0.05, 0.1) is 17.2 Å². The molecule has 4 heteroatoms. The summed E-state index contributed by atoms with van der Waals surface area (Å²) in [5.74, 6) is 0.682. The minimum absolute atomic E-state index is 0.277. The van der Waals surface area contributed by atoms with Gasteiger partial charge in [0.2, 0.25) is 0 Å². The first-order valence-electron chi connectivity index (χ1n) is 5.88. The van der Waals surface area contributed by atoms with Crippen molar-refractivity contribution < 1.29 is 4.74 Å². The second-order valence-corrected chi connectivity index (χ2v) is 4.73. The van der Waals surface area contributed by atoms with Crippen molar-refractivity contribution in [1.82, 2.24) is 0 Å². The summed E-state index contributed by atoms with van der Waals surface area (Å²) >= 11 is 11.0. The number of thiocarbonyl (C=S) groups is 1. The molecule has 0 saturated heterocycles. The van der Waals surface area contributed by atoms with Crippen LogP contribution < -0.4 is 10.5 Å². The highest BCUT2D eigenvalue weighted by Gasteiger charge is 2.10. The number of ether oxygens (including phenoxy) is 1. The highest BCUT2D eigenvalue weighted by atomic mass is 35.5. The highest BCUT2D eigenvalue weighted by molar-refractivity contribution is 7.80. The summed E-state index contributed by atoms with van der Waals surface area (Å²) in [7, 11) is 0. The average Bonchev–Trinajstić information content (AvgIpc) is 2.28. The molecule has 94 valence electrons. The van der Waals surface area contributed by atoms with E-state index in [9.17, 15) is 0 Å². The zero-order chi connectivity index (χ0) is 12.7. The summed E-state index contributed by atoms with van der Waals surface area (Å²) in [5.41, 5.74) is 6.27. The Hall–Kier alpha value is -0.800. The van der Waals surface area contributed by atoms with Gasteiger partial charge in [0.1, 0.15) is 10.7 Å². The fourth-order valence-electron chi connectivity index (χ4n) is 1.57. The van der Waals surface area contributed by atoms with E-state index in [1.807, 2.05) is 12.1 Å². The molecule has 17 heavy (non-hydrogen) atoms. The fourth-order valence-corrected chi connectivity index (χ4v) is 2.11. The summed E-state index contributed by atoms with van der Waals surface area (Å²) < 4.78 is 5.67. The molecule has 0 fully saturated rings. The molecular formula is C13H18ClNOS. The van der Waals surface area contributed by atoms with Crippen LogP contribution >= 0.6 is 23.8 Å². The first kappa shape index (κ1) is 14.3. The smallest absolute Gasteiger partial charge is 0.130 e. The lowest BCUT2D eigenvalue weighted by atomic mass is 10.2. The maximum atomic E-state index is 6.04. The van der Waals surface area contributed by atoms with Crippen LogP contribution in [0.3, 0.4) is 0 Å². The number of rotatable bonds is 7. The zero-order valence-electron chi connectivity index (χ0n) is 10.0. The Kier molecular flexibility index (Phi) is 6.30. The van der Waals surface area contributed by atoms with Gasteiger partial charge >= 0.3 is 0 Å². The Morgan fingerprint density at radius 1 is 1.35 bits per heavy atom. The van der Waals surface area contributed by atoms with Gasteiger partial charge in [-0.15, -0.1) is 0 Å². The summed E-state index contributed by atoms with van der Waals surface area (Å²) in [6.45, 7) is 2.86. The molecule has 0 aliphatic carbocycles. The second-order valence-electron chi connectivity index (χ2n) is 3.89. The Labute approximate surface area is 113 Å². The molecule has 0 amide bonds. The number of unbranched alkanes of at least 4 members (excludes halogenated alkanes) is 3. The Bertz CT molecular complexity index is 382. The molecule has 0 aliphatic rings. The predicted octanol–water partition coefficient (Wildman–Crippen LogP) is 3.93. The van der Waals surface area contributed by atoms with Gasteiger partial charge in [0.25, 0.3) is 0 Å². The van der Waals surface area contributed by atoms with Crippen molar-refractivity contribution in [3.05, 3.63) is 28.8 Å². The third-order valence-corrected chi connectivity index (χ3v) is 3.00. The average molecular weight is 272 g/mol. The van der Waals surface area contributed by atoms with E-state index in [1.165, 1.54) is 19.3 Å². The van der Waals surface area contributed by atoms with Crippen LogP contribution in [0.15, 0.2) is 18.2 Å². The molecule has 2 nitrogen and oxygen atoms in total. The van der Waals surface area contributed by atoms with Gasteiger partial charge in [-0.2, -0.15) is 0 Å². The molecule has 0 unspecified atom stereocenters. The first-order valence-corrected chi connectivity index (χ1v) is 6.66. The van der Waals surface area contributed by atoms with Crippen LogP contribution in [0.5, 0.6) is 5.75 Å². The van der Waals surface area contributed by atoms with Crippen molar-refractivity contribution in [2.75, 3.05) is 6.61 Å². The van der Waals surface area contributed by atoms with Gasteiger partial charge in [0, 0.05) is 0 Å². The summed E-state index contributed by atoms with van der Waals surface area (Å²) in [6, 6.07) is 5.45. The maximum Gasteiger partial charge on any atom is 0.130 e. The van der Waals surface area contributed by atoms with Gasteiger partial charge in [-0.3, -0.25) is 0 Å². The monoisotopic (exact) mass is 271 g/mol. The van der Waals surface area contributed by atoms with Crippen molar-refractivity contribution >= 4 is 28.8 Å². The van der Waals surface area contributed by atoms with E-state index < -0.39 is 0 Å². The van der Waals surface area contributed by atoms with E-state index in [-0.39, 0.29) is 4.99 Å². The number of nitrogens with two attached hydrogens (primary N) is 1. The Balaban J connectivity index is 2.58. The minimum Gasteiger partial charge on any atom is -0.493 e. The molecule has 0 radical (unpaired) electrons. The molecule has 1 aromatic carbocycles. The first-order chi connectivity index (χ1) is 8.16. The van der Waals surface area contributed by atoms with Crippen LogP contribution in [0.1, 0.15) is 38.2 Å². The maximum absolute atomic E-state index is 6.04. The van der Waals surface area contributed by atoms with Crippen molar-refractivity contribution in [2.24, 2.45) is 5.73 Å². The summed E-state index contributed by atoms with van der Waals surface area (Å²) in [6.07, 6.45) is 4.67. The van der Waals surface area contributed by atoms with Crippen LogP contribution in [-0.4, -0.2) is 11.6 Å². The number of halogens is 1. The lowest BCUT2D eigenvalue weighted by molar-refractivity contribution is 0.304. The fraction of sp³-hybridized carbons (Fsp3) is 0.462. The van der Waals surface area contributed by atoms with Crippen molar-refractivity contribution in [1.29, 1.82) is 0 Å². The van der Waals surface area contributed by atoms with E-state index in [0.29, 0.717) is 22.9 Å². The Morgan fingerprint density at radius 3 is 2.76 bits per heavy atom. The van der Waals surface area contributed by atoms with Crippen LogP contribution in [-0.2, 0) is 0 Å². The Morgan fingerprint density at radius 2 is 2.12 bits per heavy atom. The van der Waals surface area contributed by atoms with Gasteiger partial charge in [-0.1, -0.05) is 56.1 Å². The molecule has 0 saturated carbocycles. The summed E-state index contributed by atoms with van der Waals surface area (Å²) in [5, 5.41) is 0.545. The third kappa shape index (κ3) is 4.52. The molecule has 0 aromatic heterocycles. The van der Waals surface area contributed by atoms with E-state index in [1.54, 1.807) is 6.07 Å². The molecule has 0 heterocycles. The van der Waals surface area contributed by atoms with E-state index in [2.05, 4.69) is 6.92 Å². The molecule has 1 aromatic rings. The largest absolute Gasteiger partial charge is 0.493 e. The second kappa shape index (κ2) is 7.51. The molecule has 0 aliphatic heterocycles. The van der Waals surface area contributed by atoms with Gasteiger partial charge in [0.15, 0.2) is 0 Å². The number of hydrogen-bond donors (Lipinski definition) is 1. The topological polar surface area (TPSA) is 35.2 Å². The normalized spacial score (nSPS) is 10.2. The SMILES string of the molecule is CCCCCCOc1cccc(Cl)c1C(N)=S. The van der Waals surface area contributed by atoms with Crippen LogP contribution in [0.25, 0.3) is 0 Å². The van der Waals surface area contributed by atoms with Gasteiger partial charge in [-0.25, -0.2) is 0 Å². The highest BCUT2D eigenvalue weighted by Crippen LogP contribution is 2.26. The lowest BCUT2D eigenvalue weighted by Gasteiger charge is -2.11. The van der Waals surface area contributed by atoms with Crippen LogP contribution in [0, 0.1) is 0 Å². The van der Waals surface area contributed by atoms with Crippen molar-refractivity contribution in [3.63, 3.8) is 0 Å². The quantitative estimate of drug-likeness (QED) is 0.603. The van der Waals surface area contributed by atoms with E-state index in [0.717, 1.165) is 6.42 Å². The third-order valence-electron chi connectivity index (χ3n) is 2.48. The molecule has 2 N–H and O–H groups in total. The van der Waals surface area contributed by atoms with Crippen molar-refractivity contribution in [3.8, 4) is 5.75 Å². The molecule has 0 spiro atoms. The predicted molar refractivity (Wildman–Crippen MR) is 77.0 cm³/mol. The standard InChI is InChI=1S/C13H18ClNOS/c1-2-3-4-5-9-16-11-8-6-7-10(14)12(11)13(15)17/h6-8H,2-5,9H2,1H3,(H2,15,17). The molecule has 0 bridgehead atoms. The van der Waals surface area contributed by atoms with Gasteiger partial charge in [-0.05, 0) is 18.6 Å². The zero-order valence-corrected chi connectivity index (χ0v) is 11.6. The number of benzene rings is 1.